The van der Waals surface area contributed by atoms with E-state index in [1.807, 2.05) is 0 Å². The lowest BCUT2D eigenvalue weighted by molar-refractivity contribution is -0.121. The van der Waals surface area contributed by atoms with E-state index >= 15 is 0 Å². The largest absolute Gasteiger partial charge is 0.353 e. The number of piperidine rings is 1. The summed E-state index contributed by atoms with van der Waals surface area (Å²) in [5, 5.41) is 2.81. The van der Waals surface area contributed by atoms with Gasteiger partial charge in [-0.25, -0.2) is 14.4 Å². The summed E-state index contributed by atoms with van der Waals surface area (Å²) in [5.74, 6) is 1.23. The van der Waals surface area contributed by atoms with E-state index in [0.29, 0.717) is 35.8 Å². The number of halogens is 1. The van der Waals surface area contributed by atoms with E-state index in [0.717, 1.165) is 31.0 Å². The van der Waals surface area contributed by atoms with Crippen LogP contribution in [-0.2, 0) is 4.79 Å². The number of aryl methyl sites for hydroxylation is 1. The Bertz CT molecular complexity index is 903. The zero-order valence-corrected chi connectivity index (χ0v) is 15.9. The minimum Gasteiger partial charge on any atom is -0.353 e. The second-order valence-corrected chi connectivity index (χ2v) is 8.21. The Morgan fingerprint density at radius 2 is 2.00 bits per heavy atom. The van der Waals surface area contributed by atoms with Crippen LogP contribution < -0.4 is 10.2 Å². The lowest BCUT2D eigenvalue weighted by atomic mass is 9.87. The third kappa shape index (κ3) is 3.35. The number of amides is 1. The lowest BCUT2D eigenvalue weighted by Crippen LogP contribution is -2.69. The smallest absolute Gasteiger partial charge is 0.238 e. The Morgan fingerprint density at radius 3 is 2.71 bits per heavy atom. The van der Waals surface area contributed by atoms with Gasteiger partial charge < -0.3 is 10.2 Å². The Kier molecular flexibility index (Phi) is 4.27. The van der Waals surface area contributed by atoms with Crippen LogP contribution in [0.1, 0.15) is 36.4 Å². The van der Waals surface area contributed by atoms with Crippen molar-refractivity contribution >= 4 is 17.4 Å². The summed E-state index contributed by atoms with van der Waals surface area (Å²) in [5.41, 5.74) is 2.24. The Balaban J connectivity index is 1.19. The minimum atomic E-state index is -0.301. The van der Waals surface area contributed by atoms with Gasteiger partial charge in [0.2, 0.25) is 5.91 Å². The van der Waals surface area contributed by atoms with Crippen molar-refractivity contribution in [2.45, 2.75) is 44.2 Å². The molecule has 2 aromatic rings. The first-order chi connectivity index (χ1) is 13.6. The van der Waals surface area contributed by atoms with Crippen LogP contribution in [0.4, 0.5) is 15.9 Å². The number of aromatic nitrogens is 2. The molecule has 4 aliphatic rings. The number of carbonyl (C=O) groups is 1. The highest BCUT2D eigenvalue weighted by molar-refractivity contribution is 5.92. The van der Waals surface area contributed by atoms with Crippen molar-refractivity contribution in [1.82, 2.24) is 14.9 Å². The van der Waals surface area contributed by atoms with Crippen molar-refractivity contribution in [2.24, 2.45) is 0 Å². The van der Waals surface area contributed by atoms with Gasteiger partial charge in [-0.1, -0.05) is 6.07 Å². The van der Waals surface area contributed by atoms with Gasteiger partial charge in [-0.3, -0.25) is 9.69 Å². The zero-order chi connectivity index (χ0) is 19.3. The first-order valence-electron chi connectivity index (χ1n) is 9.95. The van der Waals surface area contributed by atoms with Gasteiger partial charge in [-0.2, -0.15) is 0 Å². The molecular weight excluding hydrogens is 357 g/mol. The highest BCUT2D eigenvalue weighted by atomic mass is 19.1. The van der Waals surface area contributed by atoms with Gasteiger partial charge in [0.25, 0.3) is 0 Å². The Hall–Kier alpha value is -2.54. The molecule has 4 heterocycles. The molecule has 6 nitrogen and oxygen atoms in total. The first kappa shape index (κ1) is 17.6. The van der Waals surface area contributed by atoms with Crippen LogP contribution in [0.5, 0.6) is 0 Å². The monoisotopic (exact) mass is 381 g/mol. The molecule has 3 aliphatic heterocycles. The maximum absolute atomic E-state index is 13.7. The molecule has 2 bridgehead atoms. The van der Waals surface area contributed by atoms with Gasteiger partial charge in [0.15, 0.2) is 0 Å². The Labute approximate surface area is 163 Å². The molecule has 4 fully saturated rings. The second kappa shape index (κ2) is 6.81. The van der Waals surface area contributed by atoms with Crippen LogP contribution in [0.15, 0.2) is 30.6 Å². The van der Waals surface area contributed by atoms with Crippen LogP contribution in [0.2, 0.25) is 0 Å². The highest BCUT2D eigenvalue weighted by Crippen LogP contribution is 2.40. The van der Waals surface area contributed by atoms with E-state index in [4.69, 9.17) is 0 Å². The third-order valence-corrected chi connectivity index (χ3v) is 6.12. The van der Waals surface area contributed by atoms with Crippen molar-refractivity contribution in [3.63, 3.8) is 0 Å². The van der Waals surface area contributed by atoms with Crippen molar-refractivity contribution in [3.05, 3.63) is 47.7 Å². The number of piperazine rings is 1. The van der Waals surface area contributed by atoms with Crippen LogP contribution in [0.3, 0.4) is 0 Å². The van der Waals surface area contributed by atoms with Crippen LogP contribution in [-0.4, -0.2) is 52.5 Å². The maximum Gasteiger partial charge on any atom is 0.238 e. The minimum absolute atomic E-state index is 0.0931. The quantitative estimate of drug-likeness (QED) is 0.863. The van der Waals surface area contributed by atoms with Crippen molar-refractivity contribution in [3.8, 4) is 0 Å². The van der Waals surface area contributed by atoms with E-state index in [-0.39, 0.29) is 11.7 Å². The fraction of sp³-hybridized carbons (Fsp3) is 0.476. The highest BCUT2D eigenvalue weighted by Gasteiger charge is 2.45. The predicted molar refractivity (Wildman–Crippen MR) is 105 cm³/mol. The number of carbonyl (C=O) groups excluding carboxylic acids is 1. The van der Waals surface area contributed by atoms with Gasteiger partial charge in [0.1, 0.15) is 18.0 Å². The molecule has 1 aromatic heterocycles. The van der Waals surface area contributed by atoms with Gasteiger partial charge in [-0.05, 0) is 43.9 Å². The molecule has 1 aromatic carbocycles. The molecule has 1 saturated carbocycles. The Morgan fingerprint density at radius 1 is 1.21 bits per heavy atom. The van der Waals surface area contributed by atoms with Crippen molar-refractivity contribution < 1.29 is 9.18 Å². The molecule has 1 N–H and O–H groups in total. The van der Waals surface area contributed by atoms with Gasteiger partial charge in [0.05, 0.1) is 6.54 Å². The topological polar surface area (TPSA) is 61.4 Å². The number of rotatable bonds is 5. The molecule has 0 spiro atoms. The summed E-state index contributed by atoms with van der Waals surface area (Å²) in [6.45, 7) is 3.81. The summed E-state index contributed by atoms with van der Waals surface area (Å²) in [6, 6.07) is 7.64. The fourth-order valence-electron chi connectivity index (χ4n) is 4.31. The molecule has 2 unspecified atom stereocenters. The number of benzene rings is 1. The molecule has 2 atom stereocenters. The van der Waals surface area contributed by atoms with Gasteiger partial charge in [-0.15, -0.1) is 0 Å². The number of hydrogen-bond donors (Lipinski definition) is 1. The van der Waals surface area contributed by atoms with Crippen molar-refractivity contribution in [1.29, 1.82) is 0 Å². The second-order valence-electron chi connectivity index (χ2n) is 8.21. The standard InChI is InChI=1S/C21H24FN5O/c1-13-2-5-15(6-18(13)22)25-21(28)11-27-16-7-17(27)10-26(9-16)20-8-19(14-3-4-14)23-12-24-20/h2,5-6,8,12,14,16-17H,3-4,7,9-11H2,1H3,(H,25,28). The summed E-state index contributed by atoms with van der Waals surface area (Å²) < 4.78 is 13.7. The average Bonchev–Trinajstić information content (AvgIpc) is 3.55. The SMILES string of the molecule is Cc1ccc(NC(=O)CN2C3CC2CN(c2cc(C4CC4)ncn2)C3)cc1F. The van der Waals surface area contributed by atoms with Crippen LogP contribution in [0, 0.1) is 12.7 Å². The number of hydrogen-bond acceptors (Lipinski definition) is 5. The van der Waals surface area contributed by atoms with E-state index in [9.17, 15) is 9.18 Å². The number of nitrogens with zero attached hydrogens (tertiary/aromatic N) is 4. The maximum atomic E-state index is 13.7. The normalized spacial score (nSPS) is 24.0. The van der Waals surface area contributed by atoms with E-state index in [1.54, 1.807) is 25.4 Å². The third-order valence-electron chi connectivity index (χ3n) is 6.12. The summed E-state index contributed by atoms with van der Waals surface area (Å²) in [6.07, 6.45) is 5.25. The van der Waals surface area contributed by atoms with E-state index < -0.39 is 0 Å². The van der Waals surface area contributed by atoms with E-state index in [1.165, 1.54) is 18.9 Å². The predicted octanol–water partition coefficient (Wildman–Crippen LogP) is 2.70. The summed E-state index contributed by atoms with van der Waals surface area (Å²) in [7, 11) is 0. The molecule has 146 valence electrons. The average molecular weight is 381 g/mol. The molecular formula is C21H24FN5O. The summed E-state index contributed by atoms with van der Waals surface area (Å²) in [4.78, 5) is 25.8. The molecule has 28 heavy (non-hydrogen) atoms. The molecule has 1 amide bonds. The van der Waals surface area contributed by atoms with Gasteiger partial charge >= 0.3 is 0 Å². The molecule has 7 heteroatoms. The van der Waals surface area contributed by atoms with Crippen LogP contribution >= 0.6 is 0 Å². The first-order valence-corrected chi connectivity index (χ1v) is 9.95. The number of anilines is 2. The fourth-order valence-corrected chi connectivity index (χ4v) is 4.31. The molecule has 6 rings (SSSR count). The number of fused-ring (bicyclic) bond motifs is 2. The number of nitrogens with one attached hydrogen (secondary N) is 1. The van der Waals surface area contributed by atoms with Gasteiger partial charge in [0, 0.05) is 48.5 Å². The van der Waals surface area contributed by atoms with Crippen molar-refractivity contribution in [2.75, 3.05) is 29.9 Å². The van der Waals surface area contributed by atoms with E-state index in [2.05, 4.69) is 31.2 Å². The molecule has 1 aliphatic carbocycles. The molecule has 3 saturated heterocycles. The summed E-state index contributed by atoms with van der Waals surface area (Å²) >= 11 is 0. The lowest BCUT2D eigenvalue weighted by Gasteiger charge is -2.56. The molecule has 0 radical (unpaired) electrons. The zero-order valence-electron chi connectivity index (χ0n) is 15.9. The van der Waals surface area contributed by atoms with Crippen LogP contribution in [0.25, 0.3) is 0 Å².